The van der Waals surface area contributed by atoms with Gasteiger partial charge in [-0.2, -0.15) is 0 Å². The van der Waals surface area contributed by atoms with Crippen LogP contribution >= 0.6 is 11.8 Å². The summed E-state index contributed by atoms with van der Waals surface area (Å²) in [7, 11) is 5.41. The number of ketones is 2. The summed E-state index contributed by atoms with van der Waals surface area (Å²) in [6.45, 7) is 2.92. The van der Waals surface area contributed by atoms with Gasteiger partial charge in [-0.1, -0.05) is 29.4 Å². The summed E-state index contributed by atoms with van der Waals surface area (Å²) in [6, 6.07) is 14.9. The van der Waals surface area contributed by atoms with Crippen molar-refractivity contribution >= 4 is 34.9 Å². The summed E-state index contributed by atoms with van der Waals surface area (Å²) in [5.41, 5.74) is -0.142. The molecule has 1 unspecified atom stereocenters. The van der Waals surface area contributed by atoms with E-state index in [0.717, 1.165) is 16.1 Å². The first kappa shape index (κ1) is 27.5. The lowest BCUT2D eigenvalue weighted by Gasteiger charge is -2.29. The predicted molar refractivity (Wildman–Crippen MR) is 139 cm³/mol. The molecule has 0 fully saturated rings. The van der Waals surface area contributed by atoms with Crippen LogP contribution in [0.15, 0.2) is 58.6 Å². The number of Topliss-reactive ketones (excluding diaryl/α,β-unsaturated/α-hetero) is 2. The van der Waals surface area contributed by atoms with Gasteiger partial charge in [0.05, 0.1) is 18.0 Å². The van der Waals surface area contributed by atoms with Crippen molar-refractivity contribution in [3.8, 4) is 5.75 Å². The Morgan fingerprint density at radius 1 is 1.11 bits per heavy atom. The maximum atomic E-state index is 13.9. The number of nitrogens with zero attached hydrogens (tertiary/aromatic N) is 3. The van der Waals surface area contributed by atoms with E-state index in [1.807, 2.05) is 55.4 Å². The standard InChI is InChI=1S/C26H31N3O6S/c1-26(2,27-33)24(31)20(30)16-35-22-23(17-10-12-18(34-5)13-11-17)36-21-9-7-6-8-19(21)29(25(22)32)15-14-28(3)4/h6-13,22-23H,14-16H2,1-5H3/t22?,23-/m0/s1. The van der Waals surface area contributed by atoms with Crippen molar-refractivity contribution < 1.29 is 23.9 Å². The van der Waals surface area contributed by atoms with Crippen LogP contribution in [0, 0.1) is 4.91 Å². The number of ether oxygens (including phenoxy) is 2. The van der Waals surface area contributed by atoms with Gasteiger partial charge in [-0.25, -0.2) is 0 Å². The molecule has 0 saturated heterocycles. The Balaban J connectivity index is 2.00. The van der Waals surface area contributed by atoms with Gasteiger partial charge in [0.1, 0.15) is 12.4 Å². The van der Waals surface area contributed by atoms with Crippen LogP contribution in [-0.4, -0.2) is 74.9 Å². The molecule has 1 amide bonds. The van der Waals surface area contributed by atoms with Crippen LogP contribution in [0.4, 0.5) is 5.69 Å². The molecule has 3 rings (SSSR count). The van der Waals surface area contributed by atoms with Crippen molar-refractivity contribution in [3.05, 3.63) is 59.0 Å². The minimum absolute atomic E-state index is 0.317. The zero-order valence-electron chi connectivity index (χ0n) is 21.1. The topological polar surface area (TPSA) is 106 Å². The number of hydrogen-bond donors (Lipinski definition) is 0. The fraction of sp³-hybridized carbons (Fsp3) is 0.423. The maximum absolute atomic E-state index is 13.9. The Morgan fingerprint density at radius 3 is 2.39 bits per heavy atom. The maximum Gasteiger partial charge on any atom is 0.257 e. The molecule has 1 heterocycles. The highest BCUT2D eigenvalue weighted by Gasteiger charge is 2.41. The number of hydrogen-bond acceptors (Lipinski definition) is 9. The van der Waals surface area contributed by atoms with E-state index in [0.29, 0.717) is 18.8 Å². The number of carbonyl (C=O) groups is 3. The molecule has 2 aromatic rings. The molecule has 0 N–H and O–H groups in total. The van der Waals surface area contributed by atoms with Crippen LogP contribution in [0.1, 0.15) is 24.7 Å². The summed E-state index contributed by atoms with van der Waals surface area (Å²) >= 11 is 1.46. The second-order valence-corrected chi connectivity index (χ2v) is 10.4. The summed E-state index contributed by atoms with van der Waals surface area (Å²) in [5.74, 6) is -1.52. The molecule has 10 heteroatoms. The first-order valence-electron chi connectivity index (χ1n) is 11.5. The third-order valence-corrected chi connectivity index (χ3v) is 7.21. The first-order valence-corrected chi connectivity index (χ1v) is 12.4. The Kier molecular flexibility index (Phi) is 8.99. The van der Waals surface area contributed by atoms with Gasteiger partial charge in [0.25, 0.3) is 5.91 Å². The second-order valence-electron chi connectivity index (χ2n) is 9.21. The van der Waals surface area contributed by atoms with Crippen molar-refractivity contribution in [2.75, 3.05) is 45.8 Å². The number of anilines is 1. The third-order valence-electron chi connectivity index (χ3n) is 5.84. The van der Waals surface area contributed by atoms with E-state index < -0.39 is 35.1 Å². The molecule has 0 bridgehead atoms. The van der Waals surface area contributed by atoms with E-state index in [4.69, 9.17) is 9.47 Å². The van der Waals surface area contributed by atoms with Crippen LogP contribution in [0.2, 0.25) is 0 Å². The van der Waals surface area contributed by atoms with Crippen molar-refractivity contribution in [1.29, 1.82) is 0 Å². The van der Waals surface area contributed by atoms with Crippen LogP contribution in [0.5, 0.6) is 5.75 Å². The van der Waals surface area contributed by atoms with Crippen molar-refractivity contribution in [1.82, 2.24) is 4.90 Å². The number of nitroso groups, excluding NO2 is 1. The van der Waals surface area contributed by atoms with E-state index in [1.165, 1.54) is 25.6 Å². The minimum Gasteiger partial charge on any atom is -0.497 e. The molecule has 0 spiro atoms. The van der Waals surface area contributed by atoms with E-state index in [2.05, 4.69) is 5.18 Å². The molecule has 9 nitrogen and oxygen atoms in total. The van der Waals surface area contributed by atoms with Gasteiger partial charge in [0.15, 0.2) is 11.6 Å². The number of carbonyl (C=O) groups excluding carboxylic acids is 3. The van der Waals surface area contributed by atoms with Gasteiger partial charge in [0.2, 0.25) is 11.6 Å². The lowest BCUT2D eigenvalue weighted by atomic mass is 9.97. The zero-order valence-corrected chi connectivity index (χ0v) is 21.9. The average Bonchev–Trinajstić information content (AvgIpc) is 2.99. The van der Waals surface area contributed by atoms with Gasteiger partial charge in [-0.15, -0.1) is 16.7 Å². The smallest absolute Gasteiger partial charge is 0.257 e. The molecule has 0 saturated carbocycles. The van der Waals surface area contributed by atoms with Crippen LogP contribution in [0.3, 0.4) is 0 Å². The van der Waals surface area contributed by atoms with Gasteiger partial charge in [-0.3, -0.25) is 14.4 Å². The quantitative estimate of drug-likeness (QED) is 0.332. The number of para-hydroxylation sites is 1. The zero-order chi connectivity index (χ0) is 26.5. The SMILES string of the molecule is COc1ccc([C@@H]2Sc3ccccc3N(CCN(C)C)C(=O)C2OCC(=O)C(=O)C(C)(C)N=O)cc1. The molecule has 36 heavy (non-hydrogen) atoms. The molecule has 0 radical (unpaired) electrons. The molecule has 192 valence electrons. The molecule has 1 aliphatic rings. The molecule has 1 aliphatic heterocycles. The Labute approximate surface area is 215 Å². The van der Waals surface area contributed by atoms with Crippen LogP contribution < -0.4 is 9.64 Å². The van der Waals surface area contributed by atoms with Gasteiger partial charge in [-0.05, 0) is 57.8 Å². The van der Waals surface area contributed by atoms with E-state index >= 15 is 0 Å². The number of methoxy groups -OCH3 is 1. The summed E-state index contributed by atoms with van der Waals surface area (Å²) in [4.78, 5) is 54.5. The lowest BCUT2D eigenvalue weighted by molar-refractivity contribution is -0.145. The van der Waals surface area contributed by atoms with E-state index in [1.54, 1.807) is 24.1 Å². The number of likely N-dealkylation sites (N-methyl/N-ethyl adjacent to an activating group) is 1. The van der Waals surface area contributed by atoms with Crippen molar-refractivity contribution in [2.24, 2.45) is 5.18 Å². The van der Waals surface area contributed by atoms with E-state index in [9.17, 15) is 19.3 Å². The Morgan fingerprint density at radius 2 is 1.78 bits per heavy atom. The summed E-state index contributed by atoms with van der Waals surface area (Å²) in [5, 5.41) is 2.25. The average molecular weight is 514 g/mol. The fourth-order valence-electron chi connectivity index (χ4n) is 3.72. The van der Waals surface area contributed by atoms with Crippen molar-refractivity contribution in [2.45, 2.75) is 35.6 Å². The molecular weight excluding hydrogens is 482 g/mol. The molecule has 2 aromatic carbocycles. The molecule has 2 atom stereocenters. The summed E-state index contributed by atoms with van der Waals surface area (Å²) in [6.07, 6.45) is -1.07. The summed E-state index contributed by atoms with van der Waals surface area (Å²) < 4.78 is 11.2. The third kappa shape index (κ3) is 6.18. The Hall–Kier alpha value is -3.08. The Bertz CT molecular complexity index is 1120. The fourth-order valence-corrected chi connectivity index (χ4v) is 5.06. The number of thioether (sulfide) groups is 1. The second kappa shape index (κ2) is 11.8. The van der Waals surface area contributed by atoms with Crippen molar-refractivity contribution in [3.63, 3.8) is 0 Å². The number of benzene rings is 2. The lowest BCUT2D eigenvalue weighted by Crippen LogP contribution is -2.46. The van der Waals surface area contributed by atoms with Crippen LogP contribution in [0.25, 0.3) is 0 Å². The number of fused-ring (bicyclic) bond motifs is 1. The first-order chi connectivity index (χ1) is 17.1. The van der Waals surface area contributed by atoms with Gasteiger partial charge in [0, 0.05) is 18.0 Å². The number of amides is 1. The minimum atomic E-state index is -1.70. The van der Waals surface area contributed by atoms with Gasteiger partial charge < -0.3 is 19.3 Å². The largest absolute Gasteiger partial charge is 0.497 e. The highest BCUT2D eigenvalue weighted by Crippen LogP contribution is 2.46. The molecular formula is C26H31N3O6S. The van der Waals surface area contributed by atoms with Gasteiger partial charge >= 0.3 is 0 Å². The predicted octanol–water partition coefficient (Wildman–Crippen LogP) is 3.51. The highest BCUT2D eigenvalue weighted by molar-refractivity contribution is 7.99. The van der Waals surface area contributed by atoms with E-state index in [-0.39, 0.29) is 5.91 Å². The molecule has 0 aliphatic carbocycles. The monoisotopic (exact) mass is 513 g/mol. The molecule has 0 aromatic heterocycles. The highest BCUT2D eigenvalue weighted by atomic mass is 32.2. The number of rotatable bonds is 11. The van der Waals surface area contributed by atoms with Crippen LogP contribution in [-0.2, 0) is 19.1 Å². The normalized spacial score (nSPS) is 17.9.